The second-order valence-corrected chi connectivity index (χ2v) is 6.19. The predicted molar refractivity (Wildman–Crippen MR) is 93.3 cm³/mol. The Kier molecular flexibility index (Phi) is 6.74. The summed E-state index contributed by atoms with van der Waals surface area (Å²) in [6.45, 7) is 1.19. The van der Waals surface area contributed by atoms with Crippen LogP contribution in [0.25, 0.3) is 0 Å². The van der Waals surface area contributed by atoms with Crippen LogP contribution >= 0.6 is 0 Å². The number of anilines is 1. The van der Waals surface area contributed by atoms with Gasteiger partial charge in [0.2, 0.25) is 0 Å². The molecule has 2 atom stereocenters. The molecule has 5 nitrogen and oxygen atoms in total. The van der Waals surface area contributed by atoms with Crippen molar-refractivity contribution in [2.45, 2.75) is 19.1 Å². The van der Waals surface area contributed by atoms with Crippen molar-refractivity contribution in [2.24, 2.45) is 0 Å². The van der Waals surface area contributed by atoms with E-state index in [0.717, 1.165) is 36.4 Å². The molecule has 0 aliphatic carbocycles. The van der Waals surface area contributed by atoms with Crippen molar-refractivity contribution in [1.82, 2.24) is 4.90 Å². The number of nitrogens with one attached hydrogen (secondary N) is 1. The Labute approximate surface area is 158 Å². The van der Waals surface area contributed by atoms with E-state index in [9.17, 15) is 27.2 Å². The SMILES string of the molecule is C[C@@H](OC(=O)[C@@H](c1c(F)cccc1F)N(C)C)C(=O)Nc1cc(F)ccc1F. The molecular weight excluding hydrogens is 380 g/mol. The molecule has 0 aromatic heterocycles. The summed E-state index contributed by atoms with van der Waals surface area (Å²) in [4.78, 5) is 25.8. The van der Waals surface area contributed by atoms with Gasteiger partial charge >= 0.3 is 5.97 Å². The van der Waals surface area contributed by atoms with E-state index in [2.05, 4.69) is 5.32 Å². The Morgan fingerprint density at radius 1 is 1.00 bits per heavy atom. The van der Waals surface area contributed by atoms with E-state index >= 15 is 0 Å². The molecule has 2 rings (SSSR count). The van der Waals surface area contributed by atoms with Gasteiger partial charge in [0.1, 0.15) is 29.3 Å². The number of hydrogen-bond acceptors (Lipinski definition) is 4. The van der Waals surface area contributed by atoms with Crippen LogP contribution < -0.4 is 5.32 Å². The Hall–Kier alpha value is -2.94. The lowest BCUT2D eigenvalue weighted by Gasteiger charge is -2.25. The first-order valence-electron chi connectivity index (χ1n) is 8.18. The number of hydrogen-bond donors (Lipinski definition) is 1. The number of benzene rings is 2. The van der Waals surface area contributed by atoms with E-state index in [4.69, 9.17) is 4.74 Å². The summed E-state index contributed by atoms with van der Waals surface area (Å²) < 4.78 is 59.9. The van der Waals surface area contributed by atoms with Gasteiger partial charge in [0.15, 0.2) is 6.10 Å². The highest BCUT2D eigenvalue weighted by Crippen LogP contribution is 2.26. The highest BCUT2D eigenvalue weighted by atomic mass is 19.1. The quantitative estimate of drug-likeness (QED) is 0.599. The lowest BCUT2D eigenvalue weighted by atomic mass is 10.0. The zero-order chi connectivity index (χ0) is 21.0. The number of likely N-dealkylation sites (N-methyl/N-ethyl adjacent to an activating group) is 1. The number of esters is 1. The first-order chi connectivity index (χ1) is 13.1. The van der Waals surface area contributed by atoms with E-state index in [1.165, 1.54) is 25.9 Å². The van der Waals surface area contributed by atoms with Crippen molar-refractivity contribution >= 4 is 17.6 Å². The monoisotopic (exact) mass is 398 g/mol. The molecular formula is C19H18F4N2O3. The fourth-order valence-electron chi connectivity index (χ4n) is 2.48. The number of nitrogens with zero attached hydrogens (tertiary/aromatic N) is 1. The van der Waals surface area contributed by atoms with Gasteiger partial charge in [-0.1, -0.05) is 6.07 Å². The average Bonchev–Trinajstić information content (AvgIpc) is 2.60. The van der Waals surface area contributed by atoms with Gasteiger partial charge in [0.05, 0.1) is 11.3 Å². The van der Waals surface area contributed by atoms with E-state index in [-0.39, 0.29) is 0 Å². The van der Waals surface area contributed by atoms with Crippen LogP contribution in [0.1, 0.15) is 18.5 Å². The third kappa shape index (κ3) is 4.86. The van der Waals surface area contributed by atoms with Crippen molar-refractivity contribution in [1.29, 1.82) is 0 Å². The Balaban J connectivity index is 2.16. The smallest absolute Gasteiger partial charge is 0.328 e. The van der Waals surface area contributed by atoms with Gasteiger partial charge in [-0.25, -0.2) is 22.4 Å². The lowest BCUT2D eigenvalue weighted by Crippen LogP contribution is -2.36. The molecule has 0 bridgehead atoms. The lowest BCUT2D eigenvalue weighted by molar-refractivity contribution is -0.158. The van der Waals surface area contributed by atoms with Crippen molar-refractivity contribution in [3.63, 3.8) is 0 Å². The fraction of sp³-hybridized carbons (Fsp3) is 0.263. The van der Waals surface area contributed by atoms with Gasteiger partial charge in [-0.3, -0.25) is 9.69 Å². The van der Waals surface area contributed by atoms with Gasteiger partial charge in [-0.05, 0) is 45.3 Å². The first-order valence-corrected chi connectivity index (χ1v) is 8.18. The standard InChI is InChI=1S/C19H18F4N2O3/c1-10(18(26)24-15-9-11(20)7-8-12(15)21)28-19(27)17(25(2)3)16-13(22)5-4-6-14(16)23/h4-10,17H,1-3H3,(H,24,26)/t10-,17-/m1/s1. The largest absolute Gasteiger partial charge is 0.451 e. The average molecular weight is 398 g/mol. The maximum absolute atomic E-state index is 14.1. The Bertz CT molecular complexity index is 869. The van der Waals surface area contributed by atoms with Gasteiger partial charge in [-0.2, -0.15) is 0 Å². The van der Waals surface area contributed by atoms with Gasteiger partial charge in [0, 0.05) is 6.07 Å². The molecule has 0 fully saturated rings. The summed E-state index contributed by atoms with van der Waals surface area (Å²) in [5.74, 6) is -5.58. The number of rotatable bonds is 6. The summed E-state index contributed by atoms with van der Waals surface area (Å²) >= 11 is 0. The highest BCUT2D eigenvalue weighted by molar-refractivity contribution is 5.95. The van der Waals surface area contributed by atoms with Crippen molar-refractivity contribution < 1.29 is 31.9 Å². The molecule has 9 heteroatoms. The maximum Gasteiger partial charge on any atom is 0.328 e. The molecule has 2 aromatic rings. The molecule has 0 heterocycles. The van der Waals surface area contributed by atoms with Crippen LogP contribution in [0.3, 0.4) is 0 Å². The third-order valence-electron chi connectivity index (χ3n) is 3.86. The van der Waals surface area contributed by atoms with Gasteiger partial charge in [-0.15, -0.1) is 0 Å². The third-order valence-corrected chi connectivity index (χ3v) is 3.86. The number of ether oxygens (including phenoxy) is 1. The van der Waals surface area contributed by atoms with Gasteiger partial charge in [0.25, 0.3) is 5.91 Å². The van der Waals surface area contributed by atoms with Crippen LogP contribution in [0.4, 0.5) is 23.2 Å². The zero-order valence-corrected chi connectivity index (χ0v) is 15.3. The topological polar surface area (TPSA) is 58.6 Å². The molecule has 0 spiro atoms. The van der Waals surface area contributed by atoms with Crippen molar-refractivity contribution in [2.75, 3.05) is 19.4 Å². The van der Waals surface area contributed by atoms with Crippen LogP contribution in [0.2, 0.25) is 0 Å². The predicted octanol–water partition coefficient (Wildman–Crippen LogP) is 3.42. The second kappa shape index (κ2) is 8.83. The molecule has 28 heavy (non-hydrogen) atoms. The highest BCUT2D eigenvalue weighted by Gasteiger charge is 2.32. The fourth-order valence-corrected chi connectivity index (χ4v) is 2.48. The second-order valence-electron chi connectivity index (χ2n) is 6.19. The van der Waals surface area contributed by atoms with E-state index in [0.29, 0.717) is 0 Å². The molecule has 150 valence electrons. The number of halogens is 4. The minimum atomic E-state index is -1.46. The molecule has 1 N–H and O–H groups in total. The van der Waals surface area contributed by atoms with Crippen molar-refractivity contribution in [3.8, 4) is 0 Å². The van der Waals surface area contributed by atoms with Crippen LogP contribution in [0, 0.1) is 23.3 Å². The number of amides is 1. The first kappa shape index (κ1) is 21.4. The van der Waals surface area contributed by atoms with E-state index in [1.54, 1.807) is 0 Å². The van der Waals surface area contributed by atoms with Crippen LogP contribution in [0.5, 0.6) is 0 Å². The van der Waals surface area contributed by atoms with Gasteiger partial charge < -0.3 is 10.1 Å². The maximum atomic E-state index is 14.1. The molecule has 0 unspecified atom stereocenters. The van der Waals surface area contributed by atoms with Crippen LogP contribution in [-0.4, -0.2) is 37.0 Å². The molecule has 0 radical (unpaired) electrons. The summed E-state index contributed by atoms with van der Waals surface area (Å²) in [5, 5.41) is 2.09. The number of carbonyl (C=O) groups excluding carboxylic acids is 2. The molecule has 1 amide bonds. The van der Waals surface area contributed by atoms with E-state index in [1.807, 2.05) is 0 Å². The summed E-state index contributed by atoms with van der Waals surface area (Å²) in [6, 6.07) is 4.14. The summed E-state index contributed by atoms with van der Waals surface area (Å²) in [6.07, 6.45) is -1.44. The Morgan fingerprint density at radius 2 is 1.61 bits per heavy atom. The minimum Gasteiger partial charge on any atom is -0.451 e. The Morgan fingerprint density at radius 3 is 2.18 bits per heavy atom. The molecule has 0 aliphatic heterocycles. The molecule has 2 aromatic carbocycles. The zero-order valence-electron chi connectivity index (χ0n) is 15.3. The molecule has 0 saturated heterocycles. The normalized spacial score (nSPS) is 13.1. The number of carbonyl (C=O) groups is 2. The molecule has 0 aliphatic rings. The molecule has 0 saturated carbocycles. The summed E-state index contributed by atoms with van der Waals surface area (Å²) in [7, 11) is 2.81. The van der Waals surface area contributed by atoms with Crippen LogP contribution in [-0.2, 0) is 14.3 Å². The van der Waals surface area contributed by atoms with E-state index < -0.39 is 58.5 Å². The minimum absolute atomic E-state index is 0.433. The van der Waals surface area contributed by atoms with Crippen LogP contribution in [0.15, 0.2) is 36.4 Å². The summed E-state index contributed by atoms with van der Waals surface area (Å²) in [5.41, 5.74) is -0.960. The van der Waals surface area contributed by atoms with Crippen molar-refractivity contribution in [3.05, 3.63) is 65.2 Å².